The van der Waals surface area contributed by atoms with E-state index in [2.05, 4.69) is 51.0 Å². The Labute approximate surface area is 125 Å². The third-order valence-electron chi connectivity index (χ3n) is 3.88. The summed E-state index contributed by atoms with van der Waals surface area (Å²) in [6.45, 7) is 6.19. The van der Waals surface area contributed by atoms with Gasteiger partial charge in [-0.15, -0.1) is 6.58 Å². The standard InChI is InChI=1S/C19H32N/c1-4-5-6-7-8-9-10-14-17-20(2,3)18-19-15-12-11-13-16-19/h4,11-13,15-16H,1,5-10,14,17-18H2,2-3H3/q+1. The van der Waals surface area contributed by atoms with E-state index in [-0.39, 0.29) is 0 Å². The third kappa shape index (κ3) is 8.16. The van der Waals surface area contributed by atoms with Crippen LogP contribution in [0, 0.1) is 0 Å². The second-order valence-electron chi connectivity index (χ2n) is 6.50. The average Bonchev–Trinajstić information content (AvgIpc) is 2.42. The number of allylic oxidation sites excluding steroid dienone is 1. The fraction of sp³-hybridized carbons (Fsp3) is 0.579. The maximum atomic E-state index is 3.77. The van der Waals surface area contributed by atoms with Crippen LogP contribution in [0.4, 0.5) is 0 Å². The highest BCUT2D eigenvalue weighted by Gasteiger charge is 2.14. The highest BCUT2D eigenvalue weighted by Crippen LogP contribution is 2.13. The number of benzene rings is 1. The van der Waals surface area contributed by atoms with E-state index >= 15 is 0 Å². The Morgan fingerprint density at radius 3 is 2.15 bits per heavy atom. The van der Waals surface area contributed by atoms with Gasteiger partial charge in [0.15, 0.2) is 0 Å². The van der Waals surface area contributed by atoms with Crippen molar-refractivity contribution in [1.82, 2.24) is 0 Å². The smallest absolute Gasteiger partial charge is 0.104 e. The first-order valence-electron chi connectivity index (χ1n) is 8.11. The zero-order chi connectivity index (χ0) is 14.7. The molecule has 0 bridgehead atoms. The molecule has 0 aliphatic carbocycles. The fourth-order valence-electron chi connectivity index (χ4n) is 2.69. The van der Waals surface area contributed by atoms with Gasteiger partial charge in [-0.05, 0) is 25.7 Å². The molecule has 1 heteroatoms. The lowest BCUT2D eigenvalue weighted by molar-refractivity contribution is -0.903. The molecule has 20 heavy (non-hydrogen) atoms. The molecule has 0 N–H and O–H groups in total. The van der Waals surface area contributed by atoms with Crippen molar-refractivity contribution in [3.63, 3.8) is 0 Å². The van der Waals surface area contributed by atoms with Gasteiger partial charge in [0, 0.05) is 5.56 Å². The van der Waals surface area contributed by atoms with Crippen LogP contribution in [-0.2, 0) is 6.54 Å². The maximum absolute atomic E-state index is 3.77. The molecule has 0 saturated heterocycles. The van der Waals surface area contributed by atoms with Crippen molar-refractivity contribution in [2.45, 2.75) is 51.5 Å². The second kappa shape index (κ2) is 9.77. The molecule has 1 nitrogen and oxygen atoms in total. The summed E-state index contributed by atoms with van der Waals surface area (Å²) in [6.07, 6.45) is 11.4. The normalized spacial score (nSPS) is 11.5. The molecule has 112 valence electrons. The van der Waals surface area contributed by atoms with Crippen molar-refractivity contribution in [2.75, 3.05) is 20.6 Å². The van der Waals surface area contributed by atoms with Gasteiger partial charge in [0.1, 0.15) is 6.54 Å². The van der Waals surface area contributed by atoms with E-state index in [1.807, 2.05) is 6.08 Å². The first-order chi connectivity index (χ1) is 9.64. The second-order valence-corrected chi connectivity index (χ2v) is 6.50. The van der Waals surface area contributed by atoms with Crippen LogP contribution in [0.1, 0.15) is 50.5 Å². The van der Waals surface area contributed by atoms with Crippen molar-refractivity contribution < 1.29 is 4.48 Å². The summed E-state index contributed by atoms with van der Waals surface area (Å²) in [5.74, 6) is 0. The summed E-state index contributed by atoms with van der Waals surface area (Å²) >= 11 is 0. The Balaban J connectivity index is 2.09. The average molecular weight is 274 g/mol. The lowest BCUT2D eigenvalue weighted by Crippen LogP contribution is -2.39. The first-order valence-corrected chi connectivity index (χ1v) is 8.11. The highest BCUT2D eigenvalue weighted by molar-refractivity contribution is 5.13. The van der Waals surface area contributed by atoms with Gasteiger partial charge in [-0.2, -0.15) is 0 Å². The minimum Gasteiger partial charge on any atom is -0.325 e. The zero-order valence-electron chi connectivity index (χ0n) is 13.5. The number of unbranched alkanes of at least 4 members (excludes halogenated alkanes) is 6. The summed E-state index contributed by atoms with van der Waals surface area (Å²) in [6, 6.07) is 10.8. The minimum absolute atomic E-state index is 1.10. The Bertz CT molecular complexity index is 353. The van der Waals surface area contributed by atoms with E-state index in [1.165, 1.54) is 57.1 Å². The van der Waals surface area contributed by atoms with Crippen LogP contribution in [0.3, 0.4) is 0 Å². The van der Waals surface area contributed by atoms with E-state index in [0.29, 0.717) is 0 Å². The van der Waals surface area contributed by atoms with Crippen molar-refractivity contribution in [1.29, 1.82) is 0 Å². The molecule has 0 aliphatic heterocycles. The van der Waals surface area contributed by atoms with Crippen LogP contribution in [0.5, 0.6) is 0 Å². The molecule has 0 amide bonds. The van der Waals surface area contributed by atoms with Gasteiger partial charge >= 0.3 is 0 Å². The molecular formula is C19H32N+. The minimum atomic E-state index is 1.10. The largest absolute Gasteiger partial charge is 0.325 e. The Morgan fingerprint density at radius 1 is 0.900 bits per heavy atom. The van der Waals surface area contributed by atoms with E-state index in [1.54, 1.807) is 0 Å². The molecule has 0 aromatic heterocycles. The fourth-order valence-corrected chi connectivity index (χ4v) is 2.69. The van der Waals surface area contributed by atoms with Crippen LogP contribution in [0.15, 0.2) is 43.0 Å². The molecule has 0 aliphatic rings. The number of hydrogen-bond acceptors (Lipinski definition) is 0. The van der Waals surface area contributed by atoms with Gasteiger partial charge in [0.25, 0.3) is 0 Å². The molecule has 0 spiro atoms. The topological polar surface area (TPSA) is 0 Å². The van der Waals surface area contributed by atoms with E-state index in [4.69, 9.17) is 0 Å². The van der Waals surface area contributed by atoms with Crippen molar-refractivity contribution >= 4 is 0 Å². The summed E-state index contributed by atoms with van der Waals surface area (Å²) in [5, 5.41) is 0. The van der Waals surface area contributed by atoms with Crippen molar-refractivity contribution in [3.05, 3.63) is 48.6 Å². The van der Waals surface area contributed by atoms with E-state index in [0.717, 1.165) is 11.0 Å². The van der Waals surface area contributed by atoms with Gasteiger partial charge in [-0.3, -0.25) is 0 Å². The SMILES string of the molecule is C=CCCCCCCCC[N+](C)(C)Cc1ccccc1. The Morgan fingerprint density at radius 2 is 1.50 bits per heavy atom. The lowest BCUT2D eigenvalue weighted by Gasteiger charge is -2.30. The number of quaternary nitrogens is 1. The first kappa shape index (κ1) is 17.0. The molecule has 0 unspecified atom stereocenters. The molecule has 1 aromatic rings. The summed E-state index contributed by atoms with van der Waals surface area (Å²) in [7, 11) is 4.69. The van der Waals surface area contributed by atoms with Gasteiger partial charge in [0.05, 0.1) is 20.6 Å². The van der Waals surface area contributed by atoms with Crippen LogP contribution in [0.25, 0.3) is 0 Å². The van der Waals surface area contributed by atoms with Gasteiger partial charge in [-0.1, -0.05) is 55.7 Å². The predicted octanol–water partition coefficient (Wildman–Crippen LogP) is 5.18. The zero-order valence-corrected chi connectivity index (χ0v) is 13.5. The van der Waals surface area contributed by atoms with Crippen molar-refractivity contribution in [3.8, 4) is 0 Å². The van der Waals surface area contributed by atoms with Gasteiger partial charge < -0.3 is 4.48 Å². The highest BCUT2D eigenvalue weighted by atomic mass is 15.3. The van der Waals surface area contributed by atoms with Crippen LogP contribution >= 0.6 is 0 Å². The number of rotatable bonds is 11. The van der Waals surface area contributed by atoms with Crippen LogP contribution < -0.4 is 0 Å². The van der Waals surface area contributed by atoms with E-state index in [9.17, 15) is 0 Å². The maximum Gasteiger partial charge on any atom is 0.104 e. The molecule has 0 saturated carbocycles. The number of nitrogens with zero attached hydrogens (tertiary/aromatic N) is 1. The molecule has 1 aromatic carbocycles. The Kier molecular flexibility index (Phi) is 8.29. The molecule has 1 rings (SSSR count). The monoisotopic (exact) mass is 274 g/mol. The van der Waals surface area contributed by atoms with Gasteiger partial charge in [-0.25, -0.2) is 0 Å². The van der Waals surface area contributed by atoms with Crippen LogP contribution in [0.2, 0.25) is 0 Å². The summed E-state index contributed by atoms with van der Waals surface area (Å²) in [4.78, 5) is 0. The molecular weight excluding hydrogens is 242 g/mol. The predicted molar refractivity (Wildman–Crippen MR) is 89.6 cm³/mol. The molecule has 0 radical (unpaired) electrons. The summed E-state index contributed by atoms with van der Waals surface area (Å²) < 4.78 is 1.10. The third-order valence-corrected chi connectivity index (χ3v) is 3.88. The summed E-state index contributed by atoms with van der Waals surface area (Å²) in [5.41, 5.74) is 1.45. The van der Waals surface area contributed by atoms with Crippen molar-refractivity contribution in [2.24, 2.45) is 0 Å². The van der Waals surface area contributed by atoms with Crippen LogP contribution in [-0.4, -0.2) is 25.1 Å². The molecule has 0 heterocycles. The molecule has 0 fully saturated rings. The lowest BCUT2D eigenvalue weighted by atomic mass is 10.1. The van der Waals surface area contributed by atoms with Gasteiger partial charge in [0.2, 0.25) is 0 Å². The van der Waals surface area contributed by atoms with E-state index < -0.39 is 0 Å². The number of hydrogen-bond donors (Lipinski definition) is 0. The quantitative estimate of drug-likeness (QED) is 0.296. The molecule has 0 atom stereocenters. The Hall–Kier alpha value is -1.08.